The van der Waals surface area contributed by atoms with Crippen LogP contribution in [0.1, 0.15) is 91.7 Å². The zero-order valence-corrected chi connectivity index (χ0v) is 40.9. The van der Waals surface area contributed by atoms with E-state index >= 15 is 0 Å². The highest BCUT2D eigenvalue weighted by molar-refractivity contribution is 5.99. The summed E-state index contributed by atoms with van der Waals surface area (Å²) in [5.74, 6) is -10.9. The molecule has 2 aliphatic rings. The number of carbonyl (C=O) groups is 9. The Balaban J connectivity index is 1.81. The van der Waals surface area contributed by atoms with Gasteiger partial charge in [0.25, 0.3) is 0 Å². The van der Waals surface area contributed by atoms with Crippen LogP contribution in [-0.2, 0) is 60.7 Å². The van der Waals surface area contributed by atoms with Crippen molar-refractivity contribution in [2.45, 2.75) is 154 Å². The number of nitrogens with zero attached hydrogens (tertiary/aromatic N) is 2. The highest BCUT2D eigenvalue weighted by Gasteiger charge is 2.47. The van der Waals surface area contributed by atoms with Crippen molar-refractivity contribution in [1.82, 2.24) is 36.4 Å². The number of ether oxygens (including phenoxy) is 1. The third-order valence-corrected chi connectivity index (χ3v) is 12.6. The summed E-state index contributed by atoms with van der Waals surface area (Å²) in [7, 11) is 1.38. The van der Waals surface area contributed by atoms with E-state index < -0.39 is 132 Å². The lowest BCUT2D eigenvalue weighted by Crippen LogP contribution is -2.66. The number of rotatable bonds is 15. The van der Waals surface area contributed by atoms with Gasteiger partial charge in [-0.15, -0.1) is 0 Å². The molecule has 2 saturated heterocycles. The van der Waals surface area contributed by atoms with Gasteiger partial charge in [0.1, 0.15) is 66.5 Å². The number of aliphatic carboxylic acids is 1. The molecule has 21 nitrogen and oxygen atoms in total. The fourth-order valence-corrected chi connectivity index (χ4v) is 8.38. The average molecular weight is 980 g/mol. The second-order valence-electron chi connectivity index (χ2n) is 18.9. The average Bonchev–Trinajstić information content (AvgIpc) is 3.30. The SMILES string of the molecule is CC[C@H](C)[C@H]1C(=O)N(C)[C@@H](Cc2ccccc2)C(=O)N[C@@H](C(C)C)C(=O)O[C@@H](C)[C@H](NC(=O)[C@@H](CC(=O)O)NC(=O)[C@H](O)Cc2ccc(O)cc2)C(=O)N[C@@H](CC(C)C)C(=O)N[C@H]2CC[C@@H](O)N1C2=O. The normalized spacial score (nSPS) is 25.5. The number of nitrogens with one attached hydrogen (secondary N) is 5. The lowest BCUT2D eigenvalue weighted by atomic mass is 9.91. The van der Waals surface area contributed by atoms with Gasteiger partial charge in [-0.2, -0.15) is 0 Å². The van der Waals surface area contributed by atoms with E-state index in [2.05, 4.69) is 26.6 Å². The number of phenols is 1. The van der Waals surface area contributed by atoms with Gasteiger partial charge in [0.05, 0.1) is 6.42 Å². The number of aliphatic hydroxyl groups excluding tert-OH is 2. The van der Waals surface area contributed by atoms with Gasteiger partial charge in [0.2, 0.25) is 41.4 Å². The second-order valence-corrected chi connectivity index (χ2v) is 18.9. The van der Waals surface area contributed by atoms with E-state index in [0.717, 1.165) is 4.90 Å². The first-order chi connectivity index (χ1) is 32.9. The van der Waals surface area contributed by atoms with Crippen molar-refractivity contribution >= 4 is 53.3 Å². The fourth-order valence-electron chi connectivity index (χ4n) is 8.38. The minimum Gasteiger partial charge on any atom is -0.508 e. The van der Waals surface area contributed by atoms with Crippen LogP contribution in [0.2, 0.25) is 0 Å². The Morgan fingerprint density at radius 2 is 1.47 bits per heavy atom. The summed E-state index contributed by atoms with van der Waals surface area (Å²) in [6, 6.07) is 3.68. The maximum atomic E-state index is 14.8. The van der Waals surface area contributed by atoms with E-state index in [-0.39, 0.29) is 43.8 Å². The molecule has 2 aromatic carbocycles. The summed E-state index contributed by atoms with van der Waals surface area (Å²) in [4.78, 5) is 128. The van der Waals surface area contributed by atoms with Gasteiger partial charge in [-0.1, -0.05) is 90.4 Å². The number of aromatic hydroxyl groups is 1. The van der Waals surface area contributed by atoms with Gasteiger partial charge in [-0.3, -0.25) is 38.4 Å². The summed E-state index contributed by atoms with van der Waals surface area (Å²) in [5, 5.41) is 54.0. The summed E-state index contributed by atoms with van der Waals surface area (Å²) >= 11 is 0. The Bertz CT molecular complexity index is 2190. The Hall–Kier alpha value is -6.61. The fraction of sp³-hybridized carbons (Fsp3) is 0.571. The minimum absolute atomic E-state index is 0.0285. The smallest absolute Gasteiger partial charge is 0.329 e. The lowest BCUT2D eigenvalue weighted by Gasteiger charge is -2.44. The zero-order chi connectivity index (χ0) is 52.1. The summed E-state index contributed by atoms with van der Waals surface area (Å²) in [6.45, 7) is 11.4. The van der Waals surface area contributed by atoms with Gasteiger partial charge in [0.15, 0.2) is 0 Å². The topological polar surface area (TPSA) is 310 Å². The largest absolute Gasteiger partial charge is 0.508 e. The van der Waals surface area contributed by atoms with Crippen LogP contribution >= 0.6 is 0 Å². The van der Waals surface area contributed by atoms with E-state index in [1.165, 1.54) is 43.1 Å². The molecule has 4 rings (SSSR count). The van der Waals surface area contributed by atoms with Crippen molar-refractivity contribution in [2.75, 3.05) is 7.05 Å². The van der Waals surface area contributed by atoms with Crippen LogP contribution in [0.25, 0.3) is 0 Å². The quantitative estimate of drug-likeness (QED) is 0.108. The van der Waals surface area contributed by atoms with Crippen molar-refractivity contribution in [1.29, 1.82) is 0 Å². The number of carbonyl (C=O) groups excluding carboxylic acids is 8. The number of fused-ring (bicyclic) bond motifs is 2. The molecule has 0 unspecified atom stereocenters. The van der Waals surface area contributed by atoms with Gasteiger partial charge >= 0.3 is 11.9 Å². The second kappa shape index (κ2) is 25.3. The molecule has 2 aromatic rings. The monoisotopic (exact) mass is 979 g/mol. The van der Waals surface area contributed by atoms with Crippen LogP contribution in [0.4, 0.5) is 0 Å². The molecule has 2 bridgehead atoms. The lowest BCUT2D eigenvalue weighted by molar-refractivity contribution is -0.168. The van der Waals surface area contributed by atoms with Crippen molar-refractivity contribution < 1.29 is 68.3 Å². The van der Waals surface area contributed by atoms with Gasteiger partial charge in [0, 0.05) is 19.9 Å². The number of esters is 1. The summed E-state index contributed by atoms with van der Waals surface area (Å²) < 4.78 is 5.82. The number of amides is 7. The van der Waals surface area contributed by atoms with Gasteiger partial charge in [-0.25, -0.2) is 4.79 Å². The number of hydrogen-bond donors (Lipinski definition) is 9. The molecule has 0 aromatic heterocycles. The molecular formula is C49H69N7O14. The van der Waals surface area contributed by atoms with E-state index in [0.29, 0.717) is 17.5 Å². The van der Waals surface area contributed by atoms with Gasteiger partial charge < -0.3 is 61.5 Å². The molecule has 9 N–H and O–H groups in total. The summed E-state index contributed by atoms with van der Waals surface area (Å²) in [6.07, 6.45) is -6.04. The minimum atomic E-state index is -1.92. The standard InChI is InChI=1S/C49H69N7O14/c1-9-27(6)41-48(68)55(8)35(22-29-13-11-10-12-14-29)44(64)53-39(26(4)5)49(69)70-28(7)40(46(66)52-33(21-25(2)3)42(62)50-32-19-20-37(59)56(41)47(32)67)54-43(63)34(24-38(60)61)51-45(65)36(58)23-30-15-17-31(57)18-16-30/h10-18,25-28,32-37,39-41,57-59H,9,19-24H2,1-8H3,(H,50,62)(H,51,65)(H,52,66)(H,53,64)(H,54,63)(H,60,61)/t27-,28-,32-,33-,34+,35-,36+,37+,39-,40-,41-/m0/s1. The van der Waals surface area contributed by atoms with Crippen LogP contribution in [0.15, 0.2) is 54.6 Å². The predicted octanol–water partition coefficient (Wildman–Crippen LogP) is 0.267. The van der Waals surface area contributed by atoms with Crippen molar-refractivity contribution in [3.63, 3.8) is 0 Å². The number of carboxylic acid groups (broad SMARTS) is 1. The Labute approximate surface area is 407 Å². The number of carboxylic acids is 1. The number of piperidine rings is 1. The zero-order valence-electron chi connectivity index (χ0n) is 40.9. The van der Waals surface area contributed by atoms with Crippen LogP contribution in [0.5, 0.6) is 5.75 Å². The molecule has 0 aliphatic carbocycles. The molecule has 0 spiro atoms. The number of hydrogen-bond acceptors (Lipinski definition) is 13. The van der Waals surface area contributed by atoms with Crippen LogP contribution < -0.4 is 26.6 Å². The molecule has 21 heteroatoms. The molecule has 2 aliphatic heterocycles. The highest BCUT2D eigenvalue weighted by atomic mass is 16.5. The van der Waals surface area contributed by atoms with Crippen molar-refractivity contribution in [2.24, 2.45) is 17.8 Å². The van der Waals surface area contributed by atoms with Crippen LogP contribution in [0, 0.1) is 17.8 Å². The third-order valence-electron chi connectivity index (χ3n) is 12.6. The summed E-state index contributed by atoms with van der Waals surface area (Å²) in [5.41, 5.74) is 1.06. The molecule has 0 radical (unpaired) electrons. The third kappa shape index (κ3) is 14.9. The molecule has 384 valence electrons. The van der Waals surface area contributed by atoms with E-state index in [1.54, 1.807) is 71.9 Å². The first-order valence-corrected chi connectivity index (χ1v) is 23.6. The number of likely N-dealkylation sites (N-methyl/N-ethyl adjacent to an activating group) is 1. The van der Waals surface area contributed by atoms with Crippen LogP contribution in [0.3, 0.4) is 0 Å². The Morgan fingerprint density at radius 3 is 2.06 bits per heavy atom. The highest BCUT2D eigenvalue weighted by Crippen LogP contribution is 2.28. The molecule has 0 saturated carbocycles. The molecule has 7 amide bonds. The van der Waals surface area contributed by atoms with E-state index in [9.17, 15) is 63.6 Å². The molecule has 2 fully saturated rings. The predicted molar refractivity (Wildman–Crippen MR) is 252 cm³/mol. The van der Waals surface area contributed by atoms with E-state index in [1.807, 2.05) is 0 Å². The first kappa shape index (κ1) is 56.0. The molecule has 2 heterocycles. The number of aliphatic hydroxyl groups is 2. The van der Waals surface area contributed by atoms with Crippen molar-refractivity contribution in [3.05, 3.63) is 65.7 Å². The van der Waals surface area contributed by atoms with Gasteiger partial charge in [-0.05, 0) is 67.2 Å². The number of cyclic esters (lactones) is 1. The number of phenolic OH excluding ortho intramolecular Hbond substituents is 1. The van der Waals surface area contributed by atoms with Crippen LogP contribution in [-0.4, -0.2) is 151 Å². The first-order valence-electron chi connectivity index (χ1n) is 23.6. The van der Waals surface area contributed by atoms with Crippen molar-refractivity contribution in [3.8, 4) is 5.75 Å². The van der Waals surface area contributed by atoms with E-state index in [4.69, 9.17) is 4.74 Å². The Kier molecular flexibility index (Phi) is 20.2. The molecular weight excluding hydrogens is 911 g/mol. The Morgan fingerprint density at radius 1 is 0.829 bits per heavy atom. The maximum absolute atomic E-state index is 14.8. The molecule has 11 atom stereocenters. The molecule has 70 heavy (non-hydrogen) atoms. The number of benzene rings is 2. The maximum Gasteiger partial charge on any atom is 0.329 e.